The van der Waals surface area contributed by atoms with Crippen LogP contribution in [0, 0.1) is 0 Å². The first-order valence-corrected chi connectivity index (χ1v) is 13.5. The smallest absolute Gasteiger partial charge is 0.321 e. The van der Waals surface area contributed by atoms with Crippen LogP contribution in [0.25, 0.3) is 5.70 Å². The highest BCUT2D eigenvalue weighted by atomic mass is 35.5. The average Bonchev–Trinajstić information content (AvgIpc) is 3.30. The maximum absolute atomic E-state index is 12.5. The van der Waals surface area contributed by atoms with Crippen molar-refractivity contribution in [3.05, 3.63) is 93.9 Å². The van der Waals surface area contributed by atoms with Gasteiger partial charge in [0.15, 0.2) is 0 Å². The lowest BCUT2D eigenvalue weighted by atomic mass is 10.1. The van der Waals surface area contributed by atoms with Crippen LogP contribution < -0.4 is 5.32 Å². The summed E-state index contributed by atoms with van der Waals surface area (Å²) in [5.41, 5.74) is 2.43. The van der Waals surface area contributed by atoms with Crippen LogP contribution >= 0.6 is 11.6 Å². The average molecular weight is 532 g/mol. The summed E-state index contributed by atoms with van der Waals surface area (Å²) < 4.78 is 36.6. The number of rotatable bonds is 13. The zero-order valence-corrected chi connectivity index (χ0v) is 21.5. The first kappa shape index (κ1) is 27.6. The van der Waals surface area contributed by atoms with Crippen molar-refractivity contribution in [2.24, 2.45) is 0 Å². The van der Waals surface area contributed by atoms with E-state index in [4.69, 9.17) is 11.6 Å². The Hall–Kier alpha value is -2.98. The summed E-state index contributed by atoms with van der Waals surface area (Å²) in [7, 11) is -4.52. The molecule has 0 aliphatic heterocycles. The summed E-state index contributed by atoms with van der Waals surface area (Å²) in [6, 6.07) is 15.5. The van der Waals surface area contributed by atoms with Gasteiger partial charge in [-0.2, -0.15) is 8.42 Å². The number of carboxylic acid groups (broad SMARTS) is 1. The predicted molar refractivity (Wildman–Crippen MR) is 140 cm³/mol. The normalized spacial score (nSPS) is 13.3. The molecule has 0 saturated carbocycles. The van der Waals surface area contributed by atoms with E-state index in [2.05, 4.69) is 10.3 Å². The fourth-order valence-electron chi connectivity index (χ4n) is 3.92. The lowest BCUT2D eigenvalue weighted by molar-refractivity contribution is -0.139. The fraction of sp³-hybridized carbons (Fsp3) is 0.308. The van der Waals surface area contributed by atoms with Gasteiger partial charge in [-0.05, 0) is 36.5 Å². The first-order chi connectivity index (χ1) is 17.2. The number of aliphatic carboxylic acids is 1. The van der Waals surface area contributed by atoms with E-state index in [-0.39, 0.29) is 30.7 Å². The maximum Gasteiger partial charge on any atom is 0.321 e. The number of halogens is 1. The number of carbonyl (C=O) groups is 1. The second-order valence-corrected chi connectivity index (χ2v) is 10.3. The second-order valence-electron chi connectivity index (χ2n) is 8.43. The Labute approximate surface area is 216 Å². The van der Waals surface area contributed by atoms with E-state index in [9.17, 15) is 22.9 Å². The molecule has 1 atom stereocenters. The molecule has 0 bridgehead atoms. The lowest BCUT2D eigenvalue weighted by Gasteiger charge is -2.19. The van der Waals surface area contributed by atoms with Gasteiger partial charge in [-0.3, -0.25) is 14.7 Å². The molecular formula is C26H30ClN3O5S. The highest BCUT2D eigenvalue weighted by molar-refractivity contribution is 7.90. The topological polar surface area (TPSA) is 122 Å². The Morgan fingerprint density at radius 1 is 1.14 bits per heavy atom. The van der Waals surface area contributed by atoms with Crippen molar-refractivity contribution in [1.82, 2.24) is 14.9 Å². The Bertz CT molecular complexity index is 1310. The molecule has 0 saturated heterocycles. The summed E-state index contributed by atoms with van der Waals surface area (Å²) in [6.07, 6.45) is 4.85. The minimum absolute atomic E-state index is 0.109. The largest absolute Gasteiger partial charge is 0.480 e. The van der Waals surface area contributed by atoms with Crippen LogP contribution in [0.5, 0.6) is 0 Å². The molecule has 8 nitrogen and oxygen atoms in total. The van der Waals surface area contributed by atoms with Crippen molar-refractivity contribution >= 4 is 33.4 Å². The van der Waals surface area contributed by atoms with Gasteiger partial charge in [-0.25, -0.2) is 4.98 Å². The van der Waals surface area contributed by atoms with Crippen molar-refractivity contribution < 1.29 is 22.9 Å². The van der Waals surface area contributed by atoms with Gasteiger partial charge in [0.05, 0.1) is 16.9 Å². The monoisotopic (exact) mass is 531 g/mol. The van der Waals surface area contributed by atoms with E-state index in [0.717, 1.165) is 12.0 Å². The SMILES string of the molecule is CCCCC(=C(Cc1ccccc1Cl)n1cncc1CN[C@@H](Cc1ccccc1)C(=O)O)S(=O)(=O)O. The van der Waals surface area contributed by atoms with Gasteiger partial charge in [-0.1, -0.05) is 73.5 Å². The first-order valence-electron chi connectivity index (χ1n) is 11.6. The maximum atomic E-state index is 12.5. The lowest BCUT2D eigenvalue weighted by Crippen LogP contribution is -2.38. The third-order valence-electron chi connectivity index (χ3n) is 5.82. The van der Waals surface area contributed by atoms with Gasteiger partial charge < -0.3 is 9.67 Å². The Morgan fingerprint density at radius 3 is 2.47 bits per heavy atom. The molecule has 3 aromatic rings. The van der Waals surface area contributed by atoms with Crippen LogP contribution in [0.4, 0.5) is 0 Å². The summed E-state index contributed by atoms with van der Waals surface area (Å²) in [5, 5.41) is 13.2. The van der Waals surface area contributed by atoms with E-state index in [0.29, 0.717) is 28.4 Å². The van der Waals surface area contributed by atoms with Crippen molar-refractivity contribution in [1.29, 1.82) is 0 Å². The molecule has 1 heterocycles. The number of hydrogen-bond acceptors (Lipinski definition) is 5. The van der Waals surface area contributed by atoms with Crippen LogP contribution in [-0.4, -0.2) is 39.6 Å². The molecule has 3 rings (SSSR count). The number of hydrogen-bond donors (Lipinski definition) is 3. The van der Waals surface area contributed by atoms with Gasteiger partial charge >= 0.3 is 5.97 Å². The Morgan fingerprint density at radius 2 is 1.83 bits per heavy atom. The van der Waals surface area contributed by atoms with E-state index >= 15 is 0 Å². The molecule has 0 radical (unpaired) electrons. The minimum Gasteiger partial charge on any atom is -0.480 e. The van der Waals surface area contributed by atoms with E-state index in [1.54, 1.807) is 35.0 Å². The highest BCUT2D eigenvalue weighted by Gasteiger charge is 2.24. The summed E-state index contributed by atoms with van der Waals surface area (Å²) >= 11 is 6.37. The molecule has 1 aromatic heterocycles. The Balaban J connectivity index is 1.98. The zero-order valence-electron chi connectivity index (χ0n) is 20.0. The molecule has 192 valence electrons. The van der Waals surface area contributed by atoms with E-state index in [1.165, 1.54) is 6.33 Å². The predicted octanol–water partition coefficient (Wildman–Crippen LogP) is 4.81. The molecule has 10 heteroatoms. The number of unbranched alkanes of at least 4 members (excludes halogenated alkanes) is 1. The van der Waals surface area contributed by atoms with E-state index < -0.39 is 22.1 Å². The molecule has 0 unspecified atom stereocenters. The third kappa shape index (κ3) is 7.51. The molecule has 36 heavy (non-hydrogen) atoms. The molecule has 0 aliphatic rings. The van der Waals surface area contributed by atoms with Gasteiger partial charge in [0, 0.05) is 29.9 Å². The standard InChI is InChI=1S/C26H30ClN3O5S/c1-2-3-13-25(36(33,34)35)24(15-20-11-7-8-12-22(20)27)30-18-28-16-21(30)17-29-23(26(31)32)14-19-9-5-4-6-10-19/h4-12,16,18,23,29H,2-3,13-15,17H2,1H3,(H,31,32)(H,33,34,35)/t23-/m0/s1. The minimum atomic E-state index is -4.52. The van der Waals surface area contributed by atoms with E-state index in [1.807, 2.05) is 37.3 Å². The molecule has 0 aliphatic carbocycles. The van der Waals surface area contributed by atoms with Crippen molar-refractivity contribution in [3.8, 4) is 0 Å². The zero-order chi connectivity index (χ0) is 26.1. The van der Waals surface area contributed by atoms with Gasteiger partial charge in [0.25, 0.3) is 10.1 Å². The third-order valence-corrected chi connectivity index (χ3v) is 7.25. The number of nitrogens with one attached hydrogen (secondary N) is 1. The van der Waals surface area contributed by atoms with Crippen LogP contribution in [-0.2, 0) is 34.3 Å². The second kappa shape index (κ2) is 12.8. The molecule has 0 spiro atoms. The fourth-order valence-corrected chi connectivity index (χ4v) is 4.99. The van der Waals surface area contributed by atoms with Crippen molar-refractivity contribution in [3.63, 3.8) is 0 Å². The summed E-state index contributed by atoms with van der Waals surface area (Å²) in [5.74, 6) is -1.00. The summed E-state index contributed by atoms with van der Waals surface area (Å²) in [6.45, 7) is 2.04. The molecular weight excluding hydrogens is 502 g/mol. The van der Waals surface area contributed by atoms with Gasteiger partial charge in [-0.15, -0.1) is 0 Å². The van der Waals surface area contributed by atoms with Gasteiger partial charge in [0.1, 0.15) is 6.04 Å². The quantitative estimate of drug-likeness (QED) is 0.270. The van der Waals surface area contributed by atoms with Crippen LogP contribution in [0.3, 0.4) is 0 Å². The van der Waals surface area contributed by atoms with Crippen molar-refractivity contribution in [2.75, 3.05) is 0 Å². The highest BCUT2D eigenvalue weighted by Crippen LogP contribution is 2.29. The van der Waals surface area contributed by atoms with Crippen LogP contribution in [0.1, 0.15) is 43.0 Å². The molecule has 0 fully saturated rings. The van der Waals surface area contributed by atoms with Crippen molar-refractivity contribution in [2.45, 2.75) is 51.6 Å². The molecule has 2 aromatic carbocycles. The molecule has 3 N–H and O–H groups in total. The molecule has 0 amide bonds. The number of carboxylic acids is 1. The number of benzene rings is 2. The number of nitrogens with zero attached hydrogens (tertiary/aromatic N) is 2. The number of imidazole rings is 1. The number of allylic oxidation sites excluding steroid dienone is 2. The van der Waals surface area contributed by atoms with Gasteiger partial charge in [0.2, 0.25) is 0 Å². The van der Waals surface area contributed by atoms with Crippen LogP contribution in [0.15, 0.2) is 72.0 Å². The Kier molecular flexibility index (Phi) is 9.83. The number of aromatic nitrogens is 2. The summed E-state index contributed by atoms with van der Waals surface area (Å²) in [4.78, 5) is 16.0. The van der Waals surface area contributed by atoms with Crippen LogP contribution in [0.2, 0.25) is 5.02 Å².